The van der Waals surface area contributed by atoms with Gasteiger partial charge in [-0.25, -0.2) is 4.79 Å². The van der Waals surface area contributed by atoms with Gasteiger partial charge in [-0.3, -0.25) is 0 Å². The van der Waals surface area contributed by atoms with Crippen molar-refractivity contribution in [2.24, 2.45) is 0 Å². The summed E-state index contributed by atoms with van der Waals surface area (Å²) in [6.45, 7) is 2.45. The average molecular weight is 159 g/mol. The van der Waals surface area contributed by atoms with E-state index in [2.05, 4.69) is 0 Å². The van der Waals surface area contributed by atoms with Gasteiger partial charge in [0.25, 0.3) is 0 Å². The molecule has 1 rings (SSSR count). The molecule has 1 aliphatic heterocycles. The summed E-state index contributed by atoms with van der Waals surface area (Å²) in [4.78, 5) is 11.7. The SMILES string of the molecule is CC1(O)CCCN(C(=O)O)C1. The van der Waals surface area contributed by atoms with Gasteiger partial charge in [0.1, 0.15) is 0 Å². The Kier molecular flexibility index (Phi) is 2.04. The summed E-state index contributed by atoms with van der Waals surface area (Å²) in [5.74, 6) is 0. The fourth-order valence-corrected chi connectivity index (χ4v) is 1.38. The molecule has 0 aromatic carbocycles. The van der Waals surface area contributed by atoms with Gasteiger partial charge in [-0.15, -0.1) is 0 Å². The molecular formula is C7H13NO3. The quantitative estimate of drug-likeness (QED) is 0.541. The number of β-amino-alcohol motifs (C(OH)–C–C–N with tert-alkyl or cyclic N) is 1. The Morgan fingerprint density at radius 1 is 1.64 bits per heavy atom. The van der Waals surface area contributed by atoms with Crippen LogP contribution in [0.1, 0.15) is 19.8 Å². The molecule has 0 aromatic rings. The van der Waals surface area contributed by atoms with Crippen LogP contribution >= 0.6 is 0 Å². The third kappa shape index (κ3) is 2.08. The largest absolute Gasteiger partial charge is 0.465 e. The lowest BCUT2D eigenvalue weighted by Crippen LogP contribution is -2.48. The first-order valence-electron chi connectivity index (χ1n) is 3.71. The first kappa shape index (κ1) is 8.33. The van der Waals surface area contributed by atoms with Crippen molar-refractivity contribution >= 4 is 6.09 Å². The maximum atomic E-state index is 10.5. The molecule has 0 bridgehead atoms. The molecule has 1 amide bonds. The maximum absolute atomic E-state index is 10.5. The normalized spacial score (nSPS) is 32.0. The van der Waals surface area contributed by atoms with E-state index in [1.807, 2.05) is 0 Å². The Morgan fingerprint density at radius 3 is 2.64 bits per heavy atom. The number of rotatable bonds is 0. The van der Waals surface area contributed by atoms with Crippen molar-refractivity contribution in [1.29, 1.82) is 0 Å². The summed E-state index contributed by atoms with van der Waals surface area (Å²) < 4.78 is 0. The highest BCUT2D eigenvalue weighted by Gasteiger charge is 2.30. The van der Waals surface area contributed by atoms with Crippen molar-refractivity contribution in [3.05, 3.63) is 0 Å². The molecule has 2 N–H and O–H groups in total. The summed E-state index contributed by atoms with van der Waals surface area (Å²) in [6.07, 6.45) is 0.501. The Bertz CT molecular complexity index is 167. The molecule has 64 valence electrons. The van der Waals surface area contributed by atoms with Gasteiger partial charge in [0.15, 0.2) is 0 Å². The van der Waals surface area contributed by atoms with Gasteiger partial charge in [-0.1, -0.05) is 0 Å². The number of hydrogen-bond acceptors (Lipinski definition) is 2. The number of amides is 1. The van der Waals surface area contributed by atoms with E-state index in [0.29, 0.717) is 13.0 Å². The molecule has 0 aromatic heterocycles. The smallest absolute Gasteiger partial charge is 0.407 e. The van der Waals surface area contributed by atoms with Crippen LogP contribution in [0.15, 0.2) is 0 Å². The van der Waals surface area contributed by atoms with Gasteiger partial charge in [0.05, 0.1) is 12.1 Å². The predicted molar refractivity (Wildman–Crippen MR) is 39.5 cm³/mol. The first-order chi connectivity index (χ1) is 5.01. The van der Waals surface area contributed by atoms with Crippen LogP contribution in [-0.2, 0) is 0 Å². The molecule has 1 atom stereocenters. The fraction of sp³-hybridized carbons (Fsp3) is 0.857. The van der Waals surface area contributed by atoms with Gasteiger partial charge in [0.2, 0.25) is 0 Å². The van der Waals surface area contributed by atoms with E-state index in [9.17, 15) is 9.90 Å². The van der Waals surface area contributed by atoms with Crippen LogP contribution < -0.4 is 0 Å². The van der Waals surface area contributed by atoms with Crippen molar-refractivity contribution in [2.75, 3.05) is 13.1 Å². The summed E-state index contributed by atoms with van der Waals surface area (Å²) in [7, 11) is 0. The van der Waals surface area contributed by atoms with E-state index in [4.69, 9.17) is 5.11 Å². The average Bonchev–Trinajstić information content (AvgIpc) is 1.85. The highest BCUT2D eigenvalue weighted by molar-refractivity contribution is 5.65. The minimum Gasteiger partial charge on any atom is -0.465 e. The Morgan fingerprint density at radius 2 is 2.27 bits per heavy atom. The highest BCUT2D eigenvalue weighted by Crippen LogP contribution is 2.19. The molecule has 1 aliphatic rings. The van der Waals surface area contributed by atoms with Gasteiger partial charge in [-0.2, -0.15) is 0 Å². The lowest BCUT2D eigenvalue weighted by Gasteiger charge is -2.34. The van der Waals surface area contributed by atoms with Crippen LogP contribution in [0.2, 0.25) is 0 Å². The molecule has 4 heteroatoms. The number of carbonyl (C=O) groups is 1. The molecule has 1 saturated heterocycles. The van der Waals surface area contributed by atoms with E-state index in [1.54, 1.807) is 6.92 Å². The first-order valence-corrected chi connectivity index (χ1v) is 3.71. The number of likely N-dealkylation sites (tertiary alicyclic amines) is 1. The molecule has 0 spiro atoms. The number of piperidine rings is 1. The van der Waals surface area contributed by atoms with Crippen LogP contribution in [0.4, 0.5) is 4.79 Å². The minimum absolute atomic E-state index is 0.238. The second-order valence-corrected chi connectivity index (χ2v) is 3.30. The van der Waals surface area contributed by atoms with E-state index in [0.717, 1.165) is 6.42 Å². The summed E-state index contributed by atoms with van der Waals surface area (Å²) in [5.41, 5.74) is -0.823. The summed E-state index contributed by atoms with van der Waals surface area (Å²) in [5, 5.41) is 18.1. The van der Waals surface area contributed by atoms with Crippen LogP contribution in [0.25, 0.3) is 0 Å². The Hall–Kier alpha value is -0.770. The van der Waals surface area contributed by atoms with Crippen molar-refractivity contribution in [1.82, 2.24) is 4.90 Å². The zero-order valence-electron chi connectivity index (χ0n) is 6.58. The van der Waals surface area contributed by atoms with Gasteiger partial charge in [0, 0.05) is 6.54 Å². The standard InChI is InChI=1S/C7H13NO3/c1-7(11)3-2-4-8(5-7)6(9)10/h11H,2-5H2,1H3,(H,9,10). The van der Waals surface area contributed by atoms with Crippen LogP contribution in [0, 0.1) is 0 Å². The van der Waals surface area contributed by atoms with E-state index in [-0.39, 0.29) is 6.54 Å². The maximum Gasteiger partial charge on any atom is 0.407 e. The van der Waals surface area contributed by atoms with Gasteiger partial charge >= 0.3 is 6.09 Å². The molecule has 4 nitrogen and oxygen atoms in total. The van der Waals surface area contributed by atoms with E-state index in [1.165, 1.54) is 4.90 Å². The number of carboxylic acid groups (broad SMARTS) is 1. The predicted octanol–water partition coefficient (Wildman–Crippen LogP) is 0.511. The lowest BCUT2D eigenvalue weighted by molar-refractivity contribution is -0.0102. The minimum atomic E-state index is -0.940. The van der Waals surface area contributed by atoms with Gasteiger partial charge in [-0.05, 0) is 19.8 Å². The van der Waals surface area contributed by atoms with Gasteiger partial charge < -0.3 is 15.1 Å². The van der Waals surface area contributed by atoms with Crippen molar-refractivity contribution in [2.45, 2.75) is 25.4 Å². The molecule has 1 heterocycles. The summed E-state index contributed by atoms with van der Waals surface area (Å²) in [6, 6.07) is 0. The molecule has 1 unspecified atom stereocenters. The monoisotopic (exact) mass is 159 g/mol. The zero-order valence-corrected chi connectivity index (χ0v) is 6.58. The molecular weight excluding hydrogens is 146 g/mol. The number of nitrogens with zero attached hydrogens (tertiary/aromatic N) is 1. The summed E-state index contributed by atoms with van der Waals surface area (Å²) >= 11 is 0. The van der Waals surface area contributed by atoms with Crippen LogP contribution in [0.3, 0.4) is 0 Å². The number of hydrogen-bond donors (Lipinski definition) is 2. The van der Waals surface area contributed by atoms with Crippen molar-refractivity contribution < 1.29 is 15.0 Å². The third-order valence-electron chi connectivity index (χ3n) is 1.95. The van der Waals surface area contributed by atoms with Crippen LogP contribution in [0.5, 0.6) is 0 Å². The second-order valence-electron chi connectivity index (χ2n) is 3.30. The number of aliphatic hydroxyl groups is 1. The van der Waals surface area contributed by atoms with Crippen molar-refractivity contribution in [3.63, 3.8) is 0 Å². The molecule has 0 aliphatic carbocycles. The Balaban J connectivity index is 2.53. The van der Waals surface area contributed by atoms with Crippen LogP contribution in [-0.4, -0.2) is 39.9 Å². The lowest BCUT2D eigenvalue weighted by atomic mass is 9.96. The fourth-order valence-electron chi connectivity index (χ4n) is 1.38. The second kappa shape index (κ2) is 2.70. The van der Waals surface area contributed by atoms with E-state index >= 15 is 0 Å². The third-order valence-corrected chi connectivity index (χ3v) is 1.95. The highest BCUT2D eigenvalue weighted by atomic mass is 16.4. The molecule has 0 saturated carbocycles. The molecule has 1 fully saturated rings. The molecule has 0 radical (unpaired) electrons. The zero-order chi connectivity index (χ0) is 8.48. The Labute approximate surface area is 65.4 Å². The topological polar surface area (TPSA) is 60.8 Å². The van der Waals surface area contributed by atoms with Crippen molar-refractivity contribution in [3.8, 4) is 0 Å². The van der Waals surface area contributed by atoms with E-state index < -0.39 is 11.7 Å². The molecule has 11 heavy (non-hydrogen) atoms.